The molecule has 0 atom stereocenters. The molecule has 2 aromatic carbocycles. The van der Waals surface area contributed by atoms with Gasteiger partial charge >= 0.3 is 0 Å². The average molecular weight is 306 g/mol. The highest BCUT2D eigenvalue weighted by Crippen LogP contribution is 2.34. The predicted molar refractivity (Wildman–Crippen MR) is 86.6 cm³/mol. The number of ether oxygens (including phenoxy) is 2. The Morgan fingerprint density at radius 1 is 1.05 bits per heavy atom. The second-order valence-corrected chi connectivity index (χ2v) is 5.23. The van der Waals surface area contributed by atoms with Crippen LogP contribution in [0.25, 0.3) is 0 Å². The van der Waals surface area contributed by atoms with E-state index in [0.717, 1.165) is 30.0 Å². The van der Waals surface area contributed by atoms with Crippen LogP contribution in [0.5, 0.6) is 17.2 Å². The number of halogens is 1. The number of aryl methyl sites for hydroxylation is 1. The molecule has 0 aromatic heterocycles. The molecule has 3 nitrogen and oxygen atoms in total. The van der Waals surface area contributed by atoms with Crippen molar-refractivity contribution in [2.45, 2.75) is 20.4 Å². The summed E-state index contributed by atoms with van der Waals surface area (Å²) in [6, 6.07) is 11.5. The van der Waals surface area contributed by atoms with E-state index < -0.39 is 0 Å². The topological polar surface area (TPSA) is 30.5 Å². The molecular formula is C17H20ClNO2. The highest BCUT2D eigenvalue weighted by molar-refractivity contribution is 6.30. The van der Waals surface area contributed by atoms with Crippen LogP contribution < -0.4 is 14.8 Å². The van der Waals surface area contributed by atoms with Gasteiger partial charge in [0.2, 0.25) is 0 Å². The van der Waals surface area contributed by atoms with Gasteiger partial charge in [-0.1, -0.05) is 30.7 Å². The lowest BCUT2D eigenvalue weighted by atomic mass is 10.2. The highest BCUT2D eigenvalue weighted by atomic mass is 35.5. The van der Waals surface area contributed by atoms with Gasteiger partial charge in [0.15, 0.2) is 11.5 Å². The number of hydrogen-bond donors (Lipinski definition) is 1. The van der Waals surface area contributed by atoms with Gasteiger partial charge in [-0.15, -0.1) is 0 Å². The van der Waals surface area contributed by atoms with Crippen molar-refractivity contribution in [1.29, 1.82) is 0 Å². The van der Waals surface area contributed by atoms with Gasteiger partial charge in [-0.05, 0) is 43.3 Å². The number of methoxy groups -OCH3 is 1. The Morgan fingerprint density at radius 3 is 2.57 bits per heavy atom. The van der Waals surface area contributed by atoms with Crippen molar-refractivity contribution in [3.05, 3.63) is 52.5 Å². The number of nitrogens with one attached hydrogen (secondary N) is 1. The zero-order chi connectivity index (χ0) is 15.2. The fourth-order valence-electron chi connectivity index (χ4n) is 2.01. The summed E-state index contributed by atoms with van der Waals surface area (Å²) in [5.74, 6) is 2.14. The first-order valence-corrected chi connectivity index (χ1v) is 7.33. The summed E-state index contributed by atoms with van der Waals surface area (Å²) in [4.78, 5) is 0. The molecule has 0 saturated heterocycles. The van der Waals surface area contributed by atoms with E-state index in [9.17, 15) is 0 Å². The van der Waals surface area contributed by atoms with E-state index in [0.29, 0.717) is 16.5 Å². The van der Waals surface area contributed by atoms with Gasteiger partial charge in [-0.3, -0.25) is 0 Å². The van der Waals surface area contributed by atoms with Crippen molar-refractivity contribution in [3.8, 4) is 17.2 Å². The van der Waals surface area contributed by atoms with E-state index in [1.165, 1.54) is 0 Å². The Balaban J connectivity index is 2.31. The number of hydrogen-bond acceptors (Lipinski definition) is 3. The van der Waals surface area contributed by atoms with Crippen molar-refractivity contribution in [2.24, 2.45) is 0 Å². The van der Waals surface area contributed by atoms with Gasteiger partial charge in [-0.25, -0.2) is 0 Å². The standard InChI is InChI=1S/C17H20ClNO2/c1-4-19-11-13-6-7-14(18)10-16(13)21-15-8-5-12(2)9-17(15)20-3/h5-10,19H,4,11H2,1-3H3. The van der Waals surface area contributed by atoms with Crippen LogP contribution in [0.15, 0.2) is 36.4 Å². The van der Waals surface area contributed by atoms with Crippen molar-refractivity contribution < 1.29 is 9.47 Å². The van der Waals surface area contributed by atoms with Crippen LogP contribution in [0.1, 0.15) is 18.1 Å². The second-order valence-electron chi connectivity index (χ2n) is 4.79. The minimum Gasteiger partial charge on any atom is -0.493 e. The molecule has 0 aliphatic heterocycles. The Kier molecular flexibility index (Phi) is 5.48. The summed E-state index contributed by atoms with van der Waals surface area (Å²) in [6.45, 7) is 5.72. The number of rotatable bonds is 6. The molecule has 0 aliphatic carbocycles. The normalized spacial score (nSPS) is 10.5. The van der Waals surface area contributed by atoms with Gasteiger partial charge in [0.1, 0.15) is 5.75 Å². The van der Waals surface area contributed by atoms with Crippen LogP contribution in [-0.4, -0.2) is 13.7 Å². The molecule has 0 unspecified atom stereocenters. The molecule has 0 amide bonds. The summed E-state index contributed by atoms with van der Waals surface area (Å²) >= 11 is 6.08. The fourth-order valence-corrected chi connectivity index (χ4v) is 2.17. The van der Waals surface area contributed by atoms with Gasteiger partial charge in [0, 0.05) is 17.1 Å². The van der Waals surface area contributed by atoms with Crippen molar-refractivity contribution in [2.75, 3.05) is 13.7 Å². The van der Waals surface area contributed by atoms with Gasteiger partial charge < -0.3 is 14.8 Å². The molecule has 1 N–H and O–H groups in total. The Labute approximate surface area is 130 Å². The predicted octanol–water partition coefficient (Wildman–Crippen LogP) is 4.56. The Hall–Kier alpha value is -1.71. The summed E-state index contributed by atoms with van der Waals surface area (Å²) in [5, 5.41) is 3.94. The van der Waals surface area contributed by atoms with Crippen LogP contribution >= 0.6 is 11.6 Å². The van der Waals surface area contributed by atoms with E-state index in [2.05, 4.69) is 12.2 Å². The van der Waals surface area contributed by atoms with Crippen LogP contribution in [0.4, 0.5) is 0 Å². The van der Waals surface area contributed by atoms with Crippen LogP contribution in [0.2, 0.25) is 5.02 Å². The Morgan fingerprint density at radius 2 is 1.86 bits per heavy atom. The minimum absolute atomic E-state index is 0.649. The Bertz CT molecular complexity index is 614. The fraction of sp³-hybridized carbons (Fsp3) is 0.294. The monoisotopic (exact) mass is 305 g/mol. The summed E-state index contributed by atoms with van der Waals surface area (Å²) in [7, 11) is 1.64. The van der Waals surface area contributed by atoms with E-state index in [-0.39, 0.29) is 0 Å². The third-order valence-corrected chi connectivity index (χ3v) is 3.37. The molecule has 0 saturated carbocycles. The summed E-state index contributed by atoms with van der Waals surface area (Å²) in [5.41, 5.74) is 2.18. The van der Waals surface area contributed by atoms with Gasteiger partial charge in [0.05, 0.1) is 7.11 Å². The molecule has 0 radical (unpaired) electrons. The molecule has 2 aromatic rings. The molecule has 4 heteroatoms. The first-order chi connectivity index (χ1) is 10.1. The maximum atomic E-state index is 6.08. The van der Waals surface area contributed by atoms with Crippen LogP contribution in [0.3, 0.4) is 0 Å². The summed E-state index contributed by atoms with van der Waals surface area (Å²) < 4.78 is 11.4. The molecule has 0 aliphatic rings. The molecule has 0 heterocycles. The van der Waals surface area contributed by atoms with Crippen molar-refractivity contribution in [3.63, 3.8) is 0 Å². The lowest BCUT2D eigenvalue weighted by molar-refractivity contribution is 0.377. The van der Waals surface area contributed by atoms with Crippen molar-refractivity contribution in [1.82, 2.24) is 5.32 Å². The van der Waals surface area contributed by atoms with Crippen LogP contribution in [-0.2, 0) is 6.54 Å². The van der Waals surface area contributed by atoms with Gasteiger partial charge in [-0.2, -0.15) is 0 Å². The molecule has 2 rings (SSSR count). The van der Waals surface area contributed by atoms with E-state index >= 15 is 0 Å². The molecular weight excluding hydrogens is 286 g/mol. The van der Waals surface area contributed by atoms with Crippen molar-refractivity contribution >= 4 is 11.6 Å². The SMILES string of the molecule is CCNCc1ccc(Cl)cc1Oc1ccc(C)cc1OC. The second kappa shape index (κ2) is 7.34. The van der Waals surface area contributed by atoms with E-state index in [1.807, 2.05) is 43.3 Å². The summed E-state index contributed by atoms with van der Waals surface area (Å²) in [6.07, 6.45) is 0. The largest absolute Gasteiger partial charge is 0.493 e. The lowest BCUT2D eigenvalue weighted by Crippen LogP contribution is -2.12. The first-order valence-electron chi connectivity index (χ1n) is 6.95. The third-order valence-electron chi connectivity index (χ3n) is 3.13. The van der Waals surface area contributed by atoms with E-state index in [4.69, 9.17) is 21.1 Å². The van der Waals surface area contributed by atoms with E-state index in [1.54, 1.807) is 7.11 Å². The zero-order valence-electron chi connectivity index (χ0n) is 12.6. The third kappa shape index (κ3) is 4.13. The first kappa shape index (κ1) is 15.7. The lowest BCUT2D eigenvalue weighted by Gasteiger charge is -2.14. The zero-order valence-corrected chi connectivity index (χ0v) is 13.3. The average Bonchev–Trinajstić information content (AvgIpc) is 2.48. The molecule has 0 fully saturated rings. The molecule has 0 bridgehead atoms. The molecule has 21 heavy (non-hydrogen) atoms. The minimum atomic E-state index is 0.649. The van der Waals surface area contributed by atoms with Gasteiger partial charge in [0.25, 0.3) is 0 Å². The molecule has 112 valence electrons. The number of benzene rings is 2. The highest BCUT2D eigenvalue weighted by Gasteiger charge is 2.10. The maximum absolute atomic E-state index is 6.08. The molecule has 0 spiro atoms. The quantitative estimate of drug-likeness (QED) is 0.848. The smallest absolute Gasteiger partial charge is 0.169 e. The van der Waals surface area contributed by atoms with Crippen LogP contribution in [0, 0.1) is 6.92 Å². The maximum Gasteiger partial charge on any atom is 0.169 e.